The average molecular weight is 180 g/mol. The van der Waals surface area contributed by atoms with E-state index in [9.17, 15) is 0 Å². The molecule has 8 nitrogen and oxygen atoms in total. The summed E-state index contributed by atoms with van der Waals surface area (Å²) in [4.78, 5) is 0. The van der Waals surface area contributed by atoms with Gasteiger partial charge in [0, 0.05) is 7.05 Å². The monoisotopic (exact) mass is 180 g/mol. The summed E-state index contributed by atoms with van der Waals surface area (Å²) in [6.45, 7) is 0.466. The van der Waals surface area contributed by atoms with Crippen molar-refractivity contribution in [3.05, 3.63) is 12.0 Å². The van der Waals surface area contributed by atoms with E-state index in [0.717, 1.165) is 0 Å². The molecule has 2 rings (SSSR count). The van der Waals surface area contributed by atoms with Crippen LogP contribution in [0.1, 0.15) is 5.82 Å². The van der Waals surface area contributed by atoms with Crippen LogP contribution in [-0.4, -0.2) is 35.2 Å². The lowest BCUT2D eigenvalue weighted by molar-refractivity contribution is 0.588. The van der Waals surface area contributed by atoms with Crippen molar-refractivity contribution in [1.82, 2.24) is 35.2 Å². The van der Waals surface area contributed by atoms with E-state index in [2.05, 4.69) is 25.8 Å². The normalized spacial score (nSPS) is 10.5. The van der Waals surface area contributed by atoms with Gasteiger partial charge in [-0.25, -0.2) is 9.36 Å². The van der Waals surface area contributed by atoms with Crippen LogP contribution in [0.3, 0.4) is 0 Å². The highest BCUT2D eigenvalue weighted by Gasteiger charge is 2.03. The zero-order valence-electron chi connectivity index (χ0n) is 6.99. The van der Waals surface area contributed by atoms with Crippen molar-refractivity contribution < 1.29 is 0 Å². The van der Waals surface area contributed by atoms with Gasteiger partial charge in [0.2, 0.25) is 0 Å². The molecule has 0 spiro atoms. The molecule has 0 atom stereocenters. The highest BCUT2D eigenvalue weighted by atomic mass is 15.5. The fraction of sp³-hybridized carbons (Fsp3) is 0.400. The second-order valence-electron chi connectivity index (χ2n) is 2.56. The predicted octanol–water partition coefficient (Wildman–Crippen LogP) is -1.57. The number of rotatable bonds is 2. The molecule has 0 aliphatic heterocycles. The second-order valence-corrected chi connectivity index (χ2v) is 2.56. The Balaban J connectivity index is 2.19. The molecule has 2 aromatic heterocycles. The van der Waals surface area contributed by atoms with E-state index >= 15 is 0 Å². The molecule has 0 aromatic carbocycles. The zero-order valence-corrected chi connectivity index (χ0v) is 6.99. The van der Waals surface area contributed by atoms with Gasteiger partial charge < -0.3 is 5.73 Å². The third kappa shape index (κ3) is 1.45. The van der Waals surface area contributed by atoms with Crippen molar-refractivity contribution in [2.75, 3.05) is 5.73 Å². The molecule has 0 bridgehead atoms. The van der Waals surface area contributed by atoms with Crippen molar-refractivity contribution in [2.45, 2.75) is 6.54 Å². The molecule has 2 N–H and O–H groups in total. The zero-order chi connectivity index (χ0) is 9.26. The number of nitrogens with zero attached hydrogens (tertiary/aromatic N) is 7. The molecule has 0 aliphatic carbocycles. The van der Waals surface area contributed by atoms with Crippen LogP contribution < -0.4 is 5.73 Å². The van der Waals surface area contributed by atoms with Crippen LogP contribution in [0.2, 0.25) is 0 Å². The summed E-state index contributed by atoms with van der Waals surface area (Å²) in [5.41, 5.74) is 5.39. The first-order chi connectivity index (χ1) is 6.25. The van der Waals surface area contributed by atoms with Crippen LogP contribution in [0.5, 0.6) is 0 Å². The lowest BCUT2D eigenvalue weighted by Gasteiger charge is -1.96. The summed E-state index contributed by atoms with van der Waals surface area (Å²) in [7, 11) is 1.76. The quantitative estimate of drug-likeness (QED) is 0.599. The minimum Gasteiger partial charge on any atom is -0.381 e. The van der Waals surface area contributed by atoms with Gasteiger partial charge in [0.25, 0.3) is 0 Å². The minimum absolute atomic E-state index is 0.384. The van der Waals surface area contributed by atoms with Gasteiger partial charge in [-0.2, -0.15) is 0 Å². The Kier molecular flexibility index (Phi) is 1.65. The Morgan fingerprint density at radius 2 is 2.23 bits per heavy atom. The summed E-state index contributed by atoms with van der Waals surface area (Å²) < 4.78 is 3.14. The average Bonchev–Trinajstić information content (AvgIpc) is 2.64. The first kappa shape index (κ1) is 7.65. The van der Waals surface area contributed by atoms with Crippen molar-refractivity contribution in [3.8, 4) is 0 Å². The van der Waals surface area contributed by atoms with Gasteiger partial charge in [-0.05, 0) is 10.4 Å². The molecule has 8 heteroatoms. The second kappa shape index (κ2) is 2.81. The first-order valence-electron chi connectivity index (χ1n) is 3.62. The summed E-state index contributed by atoms with van der Waals surface area (Å²) in [5.74, 6) is 1.08. The number of hydrogen-bond acceptors (Lipinski definition) is 6. The van der Waals surface area contributed by atoms with E-state index < -0.39 is 0 Å². The Labute approximate surface area is 73.3 Å². The first-order valence-corrected chi connectivity index (χ1v) is 3.62. The Hall–Kier alpha value is -1.99. The van der Waals surface area contributed by atoms with Gasteiger partial charge in [-0.1, -0.05) is 5.21 Å². The van der Waals surface area contributed by atoms with E-state index in [1.54, 1.807) is 22.6 Å². The SMILES string of the molecule is Cn1nnnc1Cn1cc(N)nn1. The van der Waals surface area contributed by atoms with Crippen molar-refractivity contribution >= 4 is 5.82 Å². The standard InChI is InChI=1S/C5H8N8/c1-12-5(8-9-11-12)3-13-2-4(6)7-10-13/h2H,3,6H2,1H3. The van der Waals surface area contributed by atoms with Gasteiger partial charge in [0.05, 0.1) is 6.20 Å². The minimum atomic E-state index is 0.384. The summed E-state index contributed by atoms with van der Waals surface area (Å²) in [6, 6.07) is 0. The van der Waals surface area contributed by atoms with Gasteiger partial charge in [-0.3, -0.25) is 0 Å². The summed E-state index contributed by atoms with van der Waals surface area (Å²) >= 11 is 0. The number of tetrazole rings is 1. The smallest absolute Gasteiger partial charge is 0.172 e. The number of nitrogens with two attached hydrogens (primary N) is 1. The number of aromatic nitrogens is 7. The van der Waals surface area contributed by atoms with Crippen molar-refractivity contribution in [2.24, 2.45) is 7.05 Å². The molecular weight excluding hydrogens is 172 g/mol. The molecule has 0 radical (unpaired) electrons. The van der Waals surface area contributed by atoms with E-state index in [0.29, 0.717) is 18.2 Å². The van der Waals surface area contributed by atoms with Crippen LogP contribution >= 0.6 is 0 Å². The summed E-state index contributed by atoms with van der Waals surface area (Å²) in [5, 5.41) is 18.4. The number of aryl methyl sites for hydroxylation is 1. The lowest BCUT2D eigenvalue weighted by Crippen LogP contribution is -2.07. The molecule has 0 saturated carbocycles. The van der Waals surface area contributed by atoms with Gasteiger partial charge >= 0.3 is 0 Å². The number of nitrogen functional groups attached to an aromatic ring is 1. The molecule has 2 aromatic rings. The van der Waals surface area contributed by atoms with Gasteiger partial charge in [-0.15, -0.1) is 10.2 Å². The molecule has 0 saturated heterocycles. The van der Waals surface area contributed by atoms with E-state index in [1.807, 2.05) is 0 Å². The predicted molar refractivity (Wildman–Crippen MR) is 42.3 cm³/mol. The topological polar surface area (TPSA) is 100 Å². The Bertz CT molecular complexity index is 400. The highest BCUT2D eigenvalue weighted by Crippen LogP contribution is 1.96. The van der Waals surface area contributed by atoms with Crippen LogP contribution in [0.15, 0.2) is 6.20 Å². The number of anilines is 1. The number of hydrogen-bond donors (Lipinski definition) is 1. The maximum atomic E-state index is 5.39. The van der Waals surface area contributed by atoms with Crippen molar-refractivity contribution in [1.29, 1.82) is 0 Å². The molecule has 0 aliphatic rings. The fourth-order valence-corrected chi connectivity index (χ4v) is 0.917. The molecule has 68 valence electrons. The molecule has 0 amide bonds. The Morgan fingerprint density at radius 1 is 1.38 bits per heavy atom. The molecule has 13 heavy (non-hydrogen) atoms. The Morgan fingerprint density at radius 3 is 2.77 bits per heavy atom. The van der Waals surface area contributed by atoms with E-state index in [4.69, 9.17) is 5.73 Å². The van der Waals surface area contributed by atoms with Crippen LogP contribution in [0.4, 0.5) is 5.82 Å². The maximum Gasteiger partial charge on any atom is 0.172 e. The van der Waals surface area contributed by atoms with Crippen molar-refractivity contribution in [3.63, 3.8) is 0 Å². The van der Waals surface area contributed by atoms with E-state index in [-0.39, 0.29) is 0 Å². The highest BCUT2D eigenvalue weighted by molar-refractivity contribution is 5.19. The van der Waals surface area contributed by atoms with Gasteiger partial charge in [0.15, 0.2) is 11.6 Å². The molecule has 0 unspecified atom stereocenters. The lowest BCUT2D eigenvalue weighted by atomic mass is 10.6. The molecule has 2 heterocycles. The molecule has 0 fully saturated rings. The molecular formula is C5H8N8. The fourth-order valence-electron chi connectivity index (χ4n) is 0.917. The third-order valence-electron chi connectivity index (χ3n) is 1.57. The van der Waals surface area contributed by atoms with Crippen LogP contribution in [0, 0.1) is 0 Å². The summed E-state index contributed by atoms with van der Waals surface area (Å²) in [6.07, 6.45) is 1.62. The van der Waals surface area contributed by atoms with Gasteiger partial charge in [0.1, 0.15) is 6.54 Å². The third-order valence-corrected chi connectivity index (χ3v) is 1.57. The van der Waals surface area contributed by atoms with Crippen LogP contribution in [-0.2, 0) is 13.6 Å². The maximum absolute atomic E-state index is 5.39. The largest absolute Gasteiger partial charge is 0.381 e. The van der Waals surface area contributed by atoms with E-state index in [1.165, 1.54) is 0 Å². The van der Waals surface area contributed by atoms with Crippen LogP contribution in [0.25, 0.3) is 0 Å².